The van der Waals surface area contributed by atoms with Crippen molar-refractivity contribution in [1.29, 1.82) is 0 Å². The fourth-order valence-electron chi connectivity index (χ4n) is 2.52. The van der Waals surface area contributed by atoms with E-state index in [-0.39, 0.29) is 41.5 Å². The Morgan fingerprint density at radius 1 is 1.24 bits per heavy atom. The molecule has 0 aliphatic carbocycles. The summed E-state index contributed by atoms with van der Waals surface area (Å²) >= 11 is 0. The van der Waals surface area contributed by atoms with E-state index in [1.807, 2.05) is 20.8 Å². The molecule has 9 nitrogen and oxygen atoms in total. The Morgan fingerprint density at radius 2 is 1.84 bits per heavy atom. The zero-order chi connectivity index (χ0) is 18.9. The largest absolute Gasteiger partial charge is 0.350 e. The summed E-state index contributed by atoms with van der Waals surface area (Å²) in [6.07, 6.45) is 0. The molecule has 0 radical (unpaired) electrons. The highest BCUT2D eigenvalue weighted by atomic mass is 16.6. The minimum absolute atomic E-state index is 0.00478. The van der Waals surface area contributed by atoms with Gasteiger partial charge in [-0.25, -0.2) is 0 Å². The molecule has 1 aromatic rings. The van der Waals surface area contributed by atoms with Crippen LogP contribution in [-0.4, -0.2) is 58.2 Å². The Balaban J connectivity index is 2.09. The molecule has 0 unspecified atom stereocenters. The lowest BCUT2D eigenvalue weighted by Gasteiger charge is -2.25. The zero-order valence-electron chi connectivity index (χ0n) is 14.5. The number of nitro groups is 1. The van der Waals surface area contributed by atoms with Crippen LogP contribution >= 0.6 is 0 Å². The van der Waals surface area contributed by atoms with Crippen LogP contribution in [0.25, 0.3) is 0 Å². The van der Waals surface area contributed by atoms with Crippen LogP contribution in [0.5, 0.6) is 0 Å². The van der Waals surface area contributed by atoms with Gasteiger partial charge in [0.1, 0.15) is 0 Å². The Hall–Kier alpha value is -2.81. The third kappa shape index (κ3) is 4.18. The fraction of sp³-hybridized carbons (Fsp3) is 0.438. The Bertz CT molecular complexity index is 753. The van der Waals surface area contributed by atoms with E-state index in [0.29, 0.717) is 0 Å². The van der Waals surface area contributed by atoms with Crippen molar-refractivity contribution in [2.75, 3.05) is 20.3 Å². The molecule has 1 aliphatic rings. The van der Waals surface area contributed by atoms with Gasteiger partial charge in [0.15, 0.2) is 0 Å². The number of imide groups is 1. The summed E-state index contributed by atoms with van der Waals surface area (Å²) in [5.41, 5.74) is -0.499. The monoisotopic (exact) mass is 348 g/mol. The molecule has 0 fully saturated rings. The van der Waals surface area contributed by atoms with Gasteiger partial charge >= 0.3 is 0 Å². The highest BCUT2D eigenvalue weighted by molar-refractivity contribution is 6.21. The van der Waals surface area contributed by atoms with Crippen molar-refractivity contribution < 1.29 is 19.3 Å². The third-order valence-electron chi connectivity index (χ3n) is 3.48. The number of hydrogen-bond donors (Lipinski definition) is 1. The van der Waals surface area contributed by atoms with E-state index in [2.05, 4.69) is 5.32 Å². The lowest BCUT2D eigenvalue weighted by Crippen LogP contribution is -2.48. The topological polar surface area (TPSA) is 113 Å². The van der Waals surface area contributed by atoms with Gasteiger partial charge < -0.3 is 5.32 Å². The molecule has 0 saturated heterocycles. The molecule has 25 heavy (non-hydrogen) atoms. The number of amides is 3. The van der Waals surface area contributed by atoms with Gasteiger partial charge in [-0.1, -0.05) is 0 Å². The number of nitrogens with one attached hydrogen (secondary N) is 1. The Kier molecular flexibility index (Phi) is 4.89. The molecule has 1 heterocycles. The van der Waals surface area contributed by atoms with Gasteiger partial charge in [-0.3, -0.25) is 34.3 Å². The fourth-order valence-corrected chi connectivity index (χ4v) is 2.52. The molecular weight excluding hydrogens is 328 g/mol. The maximum absolute atomic E-state index is 12.4. The van der Waals surface area contributed by atoms with Gasteiger partial charge in [0.25, 0.3) is 17.5 Å². The molecule has 1 aromatic carbocycles. The van der Waals surface area contributed by atoms with Gasteiger partial charge in [0.2, 0.25) is 5.91 Å². The number of nitro benzene ring substituents is 1. The van der Waals surface area contributed by atoms with Gasteiger partial charge in [-0.05, 0) is 33.9 Å². The molecule has 0 saturated carbocycles. The second-order valence-corrected chi connectivity index (χ2v) is 6.98. The van der Waals surface area contributed by atoms with Crippen molar-refractivity contribution in [2.24, 2.45) is 0 Å². The minimum Gasteiger partial charge on any atom is -0.350 e. The Labute approximate surface area is 144 Å². The molecular formula is C16H20N4O5. The average Bonchev–Trinajstić information content (AvgIpc) is 2.69. The zero-order valence-corrected chi connectivity index (χ0v) is 14.5. The normalized spacial score (nSPS) is 14.0. The average molecular weight is 348 g/mol. The maximum atomic E-state index is 12.4. The van der Waals surface area contributed by atoms with E-state index in [9.17, 15) is 24.5 Å². The van der Waals surface area contributed by atoms with E-state index in [0.717, 1.165) is 11.0 Å². The quantitative estimate of drug-likeness (QED) is 0.482. The van der Waals surface area contributed by atoms with Crippen molar-refractivity contribution >= 4 is 23.4 Å². The van der Waals surface area contributed by atoms with Crippen molar-refractivity contribution in [2.45, 2.75) is 26.3 Å². The highest BCUT2D eigenvalue weighted by Crippen LogP contribution is 2.26. The summed E-state index contributed by atoms with van der Waals surface area (Å²) in [4.78, 5) is 49.4. The highest BCUT2D eigenvalue weighted by Gasteiger charge is 2.37. The number of carbonyl (C=O) groups excluding carboxylic acids is 3. The molecule has 1 aliphatic heterocycles. The summed E-state index contributed by atoms with van der Waals surface area (Å²) < 4.78 is 0. The van der Waals surface area contributed by atoms with Crippen LogP contribution in [0.2, 0.25) is 0 Å². The molecule has 0 spiro atoms. The van der Waals surface area contributed by atoms with Crippen LogP contribution in [0.1, 0.15) is 41.5 Å². The number of nitrogens with zero attached hydrogens (tertiary/aromatic N) is 3. The third-order valence-corrected chi connectivity index (χ3v) is 3.48. The summed E-state index contributed by atoms with van der Waals surface area (Å²) in [7, 11) is 1.61. The van der Waals surface area contributed by atoms with Crippen molar-refractivity contribution in [1.82, 2.24) is 15.1 Å². The summed E-state index contributed by atoms with van der Waals surface area (Å²) in [6, 6.07) is 3.57. The summed E-state index contributed by atoms with van der Waals surface area (Å²) in [5.74, 6) is -1.37. The SMILES string of the molecule is CN(CC(=O)NC(C)(C)C)CN1C(=O)c2ccc([N+](=O)[O-])cc2C1=O. The van der Waals surface area contributed by atoms with Gasteiger partial charge in [-0.2, -0.15) is 0 Å². The van der Waals surface area contributed by atoms with E-state index < -0.39 is 16.7 Å². The summed E-state index contributed by atoms with van der Waals surface area (Å²) in [5, 5.41) is 13.6. The second-order valence-electron chi connectivity index (χ2n) is 6.98. The van der Waals surface area contributed by atoms with Gasteiger partial charge in [0, 0.05) is 17.7 Å². The van der Waals surface area contributed by atoms with Crippen molar-refractivity contribution in [3.63, 3.8) is 0 Å². The molecule has 134 valence electrons. The molecule has 0 aromatic heterocycles. The van der Waals surface area contributed by atoms with Crippen LogP contribution in [0.3, 0.4) is 0 Å². The van der Waals surface area contributed by atoms with Gasteiger partial charge in [-0.15, -0.1) is 0 Å². The smallest absolute Gasteiger partial charge is 0.270 e. The molecule has 1 N–H and O–H groups in total. The van der Waals surface area contributed by atoms with Crippen molar-refractivity contribution in [3.8, 4) is 0 Å². The first-order valence-electron chi connectivity index (χ1n) is 7.64. The number of likely N-dealkylation sites (N-methyl/N-ethyl adjacent to an activating group) is 1. The van der Waals surface area contributed by atoms with Gasteiger partial charge in [0.05, 0.1) is 29.3 Å². The van der Waals surface area contributed by atoms with Crippen LogP contribution in [0.15, 0.2) is 18.2 Å². The molecule has 2 rings (SSSR count). The maximum Gasteiger partial charge on any atom is 0.270 e. The first-order valence-corrected chi connectivity index (χ1v) is 7.64. The van der Waals surface area contributed by atoms with E-state index in [1.54, 1.807) is 7.05 Å². The summed E-state index contributed by atoms with van der Waals surface area (Å²) in [6.45, 7) is 5.47. The van der Waals surface area contributed by atoms with E-state index in [1.165, 1.54) is 17.0 Å². The number of carbonyl (C=O) groups is 3. The van der Waals surface area contributed by atoms with Crippen molar-refractivity contribution in [3.05, 3.63) is 39.4 Å². The first-order chi connectivity index (χ1) is 11.5. The van der Waals surface area contributed by atoms with Crippen LogP contribution < -0.4 is 5.32 Å². The number of benzene rings is 1. The number of non-ortho nitro benzene ring substituents is 1. The predicted octanol–water partition coefficient (Wildman–Crippen LogP) is 0.995. The molecule has 9 heteroatoms. The number of hydrogen-bond acceptors (Lipinski definition) is 6. The number of fused-ring (bicyclic) bond motifs is 1. The van der Waals surface area contributed by atoms with Crippen LogP contribution in [0.4, 0.5) is 5.69 Å². The second kappa shape index (κ2) is 6.60. The predicted molar refractivity (Wildman–Crippen MR) is 89.0 cm³/mol. The van der Waals surface area contributed by atoms with E-state index >= 15 is 0 Å². The standard InChI is InChI=1S/C16H20N4O5/c1-16(2,3)17-13(21)8-18(4)9-19-14(22)11-6-5-10(20(24)25)7-12(11)15(19)23/h5-7H,8-9H2,1-4H3,(H,17,21). The molecule has 3 amide bonds. The lowest BCUT2D eigenvalue weighted by atomic mass is 10.1. The molecule has 0 bridgehead atoms. The lowest BCUT2D eigenvalue weighted by molar-refractivity contribution is -0.384. The first kappa shape index (κ1) is 18.5. The minimum atomic E-state index is -0.621. The number of rotatable bonds is 5. The van der Waals surface area contributed by atoms with Crippen LogP contribution in [-0.2, 0) is 4.79 Å². The van der Waals surface area contributed by atoms with Crippen LogP contribution in [0, 0.1) is 10.1 Å². The molecule has 0 atom stereocenters. The Morgan fingerprint density at radius 3 is 2.40 bits per heavy atom. The van der Waals surface area contributed by atoms with E-state index in [4.69, 9.17) is 0 Å².